The fourth-order valence-electron chi connectivity index (χ4n) is 2.65. The molecule has 1 aliphatic carbocycles. The first kappa shape index (κ1) is 12.9. The number of nitrogens with two attached hydrogens (primary N) is 1. The summed E-state index contributed by atoms with van der Waals surface area (Å²) in [5.41, 5.74) is 7.94. The lowest BCUT2D eigenvalue weighted by molar-refractivity contribution is 0.603. The third-order valence-corrected chi connectivity index (χ3v) is 5.19. The number of hydrogen-bond donors (Lipinski definition) is 2. The highest BCUT2D eigenvalue weighted by Crippen LogP contribution is 2.39. The van der Waals surface area contributed by atoms with E-state index in [1.807, 2.05) is 6.92 Å². The van der Waals surface area contributed by atoms with Gasteiger partial charge in [0.15, 0.2) is 0 Å². The Labute approximate surface area is 121 Å². The van der Waals surface area contributed by atoms with Gasteiger partial charge in [-0.3, -0.25) is 0 Å². The Morgan fingerprint density at radius 3 is 2.89 bits per heavy atom. The Balaban J connectivity index is 1.86. The zero-order valence-corrected chi connectivity index (χ0v) is 12.8. The van der Waals surface area contributed by atoms with E-state index in [0.29, 0.717) is 11.9 Å². The van der Waals surface area contributed by atoms with Crippen molar-refractivity contribution < 1.29 is 0 Å². The molecule has 2 heterocycles. The molecule has 3 N–H and O–H groups in total. The fraction of sp³-hybridized carbons (Fsp3) is 0.538. The molecule has 2 atom stereocenters. The van der Waals surface area contributed by atoms with Gasteiger partial charge in [-0.2, -0.15) is 4.37 Å². The van der Waals surface area contributed by atoms with Crippen LogP contribution in [-0.4, -0.2) is 15.4 Å². The lowest BCUT2D eigenvalue weighted by Crippen LogP contribution is -2.14. The maximum Gasteiger partial charge on any atom is 0.148 e. The number of nitrogen functional groups attached to an aromatic ring is 1. The highest BCUT2D eigenvalue weighted by molar-refractivity contribution is 7.11. The monoisotopic (exact) mass is 294 g/mol. The molecular weight excluding hydrogens is 276 g/mol. The van der Waals surface area contributed by atoms with Crippen LogP contribution in [0.1, 0.15) is 31.2 Å². The number of rotatable bonds is 3. The quantitative estimate of drug-likeness (QED) is 0.904. The van der Waals surface area contributed by atoms with Crippen molar-refractivity contribution in [1.29, 1.82) is 0 Å². The molecule has 2 unspecified atom stereocenters. The van der Waals surface area contributed by atoms with Gasteiger partial charge in [-0.15, -0.1) is 11.3 Å². The van der Waals surface area contributed by atoms with Crippen LogP contribution in [0.25, 0.3) is 11.3 Å². The summed E-state index contributed by atoms with van der Waals surface area (Å²) in [6.07, 6.45) is 3.76. The predicted molar refractivity (Wildman–Crippen MR) is 82.8 cm³/mol. The molecule has 3 rings (SSSR count). The second-order valence-corrected chi connectivity index (χ2v) is 7.12. The number of anilines is 2. The number of aryl methyl sites for hydroxylation is 1. The SMILES string of the molecule is Cc1nc(-c2c(N)nsc2NC2CCC(C)C2)cs1. The average molecular weight is 294 g/mol. The van der Waals surface area contributed by atoms with Crippen molar-refractivity contribution >= 4 is 33.7 Å². The van der Waals surface area contributed by atoms with Crippen molar-refractivity contribution in [2.24, 2.45) is 5.92 Å². The summed E-state index contributed by atoms with van der Waals surface area (Å²) < 4.78 is 4.28. The topological polar surface area (TPSA) is 63.8 Å². The standard InChI is InChI=1S/C13H18N4S2/c1-7-3-4-9(5-7)16-13-11(12(14)17-19-13)10-6-18-8(2)15-10/h6-7,9,16H,3-5H2,1-2H3,(H2,14,17). The van der Waals surface area contributed by atoms with Gasteiger partial charge >= 0.3 is 0 Å². The van der Waals surface area contributed by atoms with Gasteiger partial charge in [-0.1, -0.05) is 6.92 Å². The molecule has 0 bridgehead atoms. The lowest BCUT2D eigenvalue weighted by atomic mass is 10.1. The van der Waals surface area contributed by atoms with E-state index < -0.39 is 0 Å². The molecule has 102 valence electrons. The van der Waals surface area contributed by atoms with Gasteiger partial charge in [0, 0.05) is 11.4 Å². The van der Waals surface area contributed by atoms with Crippen molar-refractivity contribution in [3.8, 4) is 11.3 Å². The summed E-state index contributed by atoms with van der Waals surface area (Å²) in [5, 5.41) is 7.79. The van der Waals surface area contributed by atoms with Crippen molar-refractivity contribution in [2.75, 3.05) is 11.1 Å². The lowest BCUT2D eigenvalue weighted by Gasteiger charge is -2.13. The summed E-state index contributed by atoms with van der Waals surface area (Å²) in [7, 11) is 0. The van der Waals surface area contributed by atoms with E-state index in [1.165, 1.54) is 30.8 Å². The van der Waals surface area contributed by atoms with E-state index in [0.717, 1.165) is 27.2 Å². The van der Waals surface area contributed by atoms with E-state index in [-0.39, 0.29) is 0 Å². The highest BCUT2D eigenvalue weighted by Gasteiger charge is 2.24. The minimum absolute atomic E-state index is 0.549. The van der Waals surface area contributed by atoms with Gasteiger partial charge in [0.05, 0.1) is 16.3 Å². The van der Waals surface area contributed by atoms with Gasteiger partial charge in [0.1, 0.15) is 10.8 Å². The zero-order valence-electron chi connectivity index (χ0n) is 11.1. The molecular formula is C13H18N4S2. The molecule has 0 aliphatic heterocycles. The largest absolute Gasteiger partial charge is 0.382 e. The van der Waals surface area contributed by atoms with Crippen LogP contribution < -0.4 is 11.1 Å². The molecule has 4 nitrogen and oxygen atoms in total. The molecule has 1 aliphatic rings. The molecule has 0 spiro atoms. The summed E-state index contributed by atoms with van der Waals surface area (Å²) >= 11 is 3.09. The average Bonchev–Trinajstić information content (AvgIpc) is 3.03. The van der Waals surface area contributed by atoms with Crippen LogP contribution in [0.3, 0.4) is 0 Å². The first-order valence-electron chi connectivity index (χ1n) is 6.57. The zero-order chi connectivity index (χ0) is 13.4. The molecule has 0 saturated heterocycles. The summed E-state index contributed by atoms with van der Waals surface area (Å²) in [6, 6.07) is 0.549. The summed E-state index contributed by atoms with van der Waals surface area (Å²) in [4.78, 5) is 4.53. The Bertz CT molecular complexity index is 575. The normalized spacial score (nSPS) is 22.8. The summed E-state index contributed by atoms with van der Waals surface area (Å²) in [6.45, 7) is 4.32. The Hall–Kier alpha value is -1.14. The van der Waals surface area contributed by atoms with Crippen molar-refractivity contribution in [3.05, 3.63) is 10.4 Å². The Kier molecular flexibility index (Phi) is 3.45. The highest BCUT2D eigenvalue weighted by atomic mass is 32.1. The van der Waals surface area contributed by atoms with Gasteiger partial charge in [-0.05, 0) is 43.6 Å². The molecule has 2 aromatic rings. The minimum Gasteiger partial charge on any atom is -0.382 e. The second kappa shape index (κ2) is 5.09. The molecule has 1 fully saturated rings. The molecule has 19 heavy (non-hydrogen) atoms. The number of nitrogens with one attached hydrogen (secondary N) is 1. The van der Waals surface area contributed by atoms with Crippen LogP contribution in [0.5, 0.6) is 0 Å². The van der Waals surface area contributed by atoms with Gasteiger partial charge in [-0.25, -0.2) is 4.98 Å². The number of aromatic nitrogens is 2. The molecule has 0 aromatic carbocycles. The van der Waals surface area contributed by atoms with Crippen molar-refractivity contribution in [2.45, 2.75) is 39.2 Å². The maximum absolute atomic E-state index is 6.01. The predicted octanol–water partition coefficient (Wildman–Crippen LogP) is 3.76. The summed E-state index contributed by atoms with van der Waals surface area (Å²) in [5.74, 6) is 1.40. The maximum atomic E-state index is 6.01. The second-order valence-electron chi connectivity index (χ2n) is 5.28. The van der Waals surface area contributed by atoms with Crippen LogP contribution in [0.4, 0.5) is 10.8 Å². The molecule has 0 radical (unpaired) electrons. The minimum atomic E-state index is 0.549. The molecule has 6 heteroatoms. The first-order valence-corrected chi connectivity index (χ1v) is 8.23. The van der Waals surface area contributed by atoms with E-state index in [2.05, 4.69) is 27.0 Å². The van der Waals surface area contributed by atoms with Crippen LogP contribution >= 0.6 is 22.9 Å². The Morgan fingerprint density at radius 1 is 1.42 bits per heavy atom. The first-order chi connectivity index (χ1) is 9.13. The van der Waals surface area contributed by atoms with E-state index >= 15 is 0 Å². The van der Waals surface area contributed by atoms with E-state index in [9.17, 15) is 0 Å². The van der Waals surface area contributed by atoms with Crippen molar-refractivity contribution in [3.63, 3.8) is 0 Å². The van der Waals surface area contributed by atoms with Crippen LogP contribution in [0.2, 0.25) is 0 Å². The molecule has 0 amide bonds. The molecule has 2 aromatic heterocycles. The third-order valence-electron chi connectivity index (χ3n) is 3.62. The van der Waals surface area contributed by atoms with E-state index in [4.69, 9.17) is 5.73 Å². The van der Waals surface area contributed by atoms with Crippen molar-refractivity contribution in [1.82, 2.24) is 9.36 Å². The van der Waals surface area contributed by atoms with E-state index in [1.54, 1.807) is 11.3 Å². The van der Waals surface area contributed by atoms with Gasteiger partial charge in [0.2, 0.25) is 0 Å². The third kappa shape index (κ3) is 2.60. The van der Waals surface area contributed by atoms with Crippen LogP contribution in [0, 0.1) is 12.8 Å². The van der Waals surface area contributed by atoms with Crippen LogP contribution in [-0.2, 0) is 0 Å². The molecule has 1 saturated carbocycles. The Morgan fingerprint density at radius 2 is 2.26 bits per heavy atom. The number of thiazole rings is 1. The van der Waals surface area contributed by atoms with Crippen LogP contribution in [0.15, 0.2) is 5.38 Å². The fourth-order valence-corrected chi connectivity index (χ4v) is 4.05. The number of hydrogen-bond acceptors (Lipinski definition) is 6. The van der Waals surface area contributed by atoms with Gasteiger partial charge in [0.25, 0.3) is 0 Å². The number of nitrogens with zero attached hydrogens (tertiary/aromatic N) is 2. The smallest absolute Gasteiger partial charge is 0.148 e. The van der Waals surface area contributed by atoms with Gasteiger partial charge < -0.3 is 11.1 Å².